The van der Waals surface area contributed by atoms with Gasteiger partial charge < -0.3 is 15.0 Å². The summed E-state index contributed by atoms with van der Waals surface area (Å²) >= 11 is 6.29. The summed E-state index contributed by atoms with van der Waals surface area (Å²) in [6.07, 6.45) is 5.85. The van der Waals surface area contributed by atoms with E-state index in [0.29, 0.717) is 18.5 Å². The minimum atomic E-state index is -0.305. The van der Waals surface area contributed by atoms with Crippen molar-refractivity contribution in [1.29, 1.82) is 0 Å². The lowest BCUT2D eigenvalue weighted by molar-refractivity contribution is -0.146. The minimum Gasteiger partial charge on any atom is -0.469 e. The Bertz CT molecular complexity index is 1260. The first-order valence-corrected chi connectivity index (χ1v) is 13.1. The molecule has 1 N–H and O–H groups in total. The molecule has 0 radical (unpaired) electrons. The summed E-state index contributed by atoms with van der Waals surface area (Å²) in [4.78, 5) is 31.6. The molecular formula is C27H32ClN5O3. The van der Waals surface area contributed by atoms with Gasteiger partial charge in [0.1, 0.15) is 0 Å². The maximum Gasteiger partial charge on any atom is 0.308 e. The Balaban J connectivity index is 1.31. The summed E-state index contributed by atoms with van der Waals surface area (Å²) in [6.45, 7) is 4.12. The van der Waals surface area contributed by atoms with Gasteiger partial charge in [-0.1, -0.05) is 37.3 Å². The number of benzene rings is 1. The van der Waals surface area contributed by atoms with E-state index >= 15 is 0 Å². The average Bonchev–Trinajstić information content (AvgIpc) is 3.53. The Morgan fingerprint density at radius 3 is 2.64 bits per heavy atom. The van der Waals surface area contributed by atoms with E-state index in [1.54, 1.807) is 4.52 Å². The lowest BCUT2D eigenvalue weighted by atomic mass is 9.82. The molecular weight excluding hydrogens is 478 g/mol. The van der Waals surface area contributed by atoms with Gasteiger partial charge in [-0.15, -0.1) is 16.7 Å². The van der Waals surface area contributed by atoms with Crippen LogP contribution >= 0.6 is 11.6 Å². The van der Waals surface area contributed by atoms with Crippen molar-refractivity contribution < 1.29 is 14.3 Å². The zero-order valence-corrected chi connectivity index (χ0v) is 21.5. The fourth-order valence-electron chi connectivity index (χ4n) is 5.55. The fourth-order valence-corrected chi connectivity index (χ4v) is 5.75. The summed E-state index contributed by atoms with van der Waals surface area (Å²) in [5, 5.41) is 7.54. The number of fused-ring (bicyclic) bond motifs is 1. The topological polar surface area (TPSA) is 88.8 Å². The van der Waals surface area contributed by atoms with Crippen LogP contribution in [-0.2, 0) is 20.8 Å². The van der Waals surface area contributed by atoms with Crippen LogP contribution in [0.1, 0.15) is 60.8 Å². The number of hydrogen-bond donors (Lipinski definition) is 1. The quantitative estimate of drug-likeness (QED) is 0.397. The number of carbonyl (C=O) groups is 2. The van der Waals surface area contributed by atoms with E-state index in [2.05, 4.69) is 57.6 Å². The van der Waals surface area contributed by atoms with Crippen LogP contribution < -0.4 is 10.2 Å². The van der Waals surface area contributed by atoms with Gasteiger partial charge in [0, 0.05) is 30.1 Å². The number of anilines is 1. The molecule has 190 valence electrons. The highest BCUT2D eigenvalue weighted by Gasteiger charge is 2.36. The molecule has 5 rings (SSSR count). The first-order chi connectivity index (χ1) is 17.4. The van der Waals surface area contributed by atoms with Gasteiger partial charge in [0.15, 0.2) is 5.65 Å². The molecule has 1 aromatic carbocycles. The van der Waals surface area contributed by atoms with Crippen LogP contribution in [0.3, 0.4) is 0 Å². The van der Waals surface area contributed by atoms with E-state index in [9.17, 15) is 9.59 Å². The van der Waals surface area contributed by atoms with Crippen molar-refractivity contribution in [3.8, 4) is 0 Å². The number of methoxy groups -OCH3 is 1. The van der Waals surface area contributed by atoms with Gasteiger partial charge >= 0.3 is 5.97 Å². The number of halogens is 1. The molecule has 1 aliphatic heterocycles. The van der Waals surface area contributed by atoms with Crippen LogP contribution in [0, 0.1) is 5.92 Å². The molecule has 1 amide bonds. The van der Waals surface area contributed by atoms with Gasteiger partial charge in [-0.3, -0.25) is 9.59 Å². The number of nitrogens with one attached hydrogen (secondary N) is 1. The molecule has 9 heteroatoms. The largest absolute Gasteiger partial charge is 0.469 e. The predicted molar refractivity (Wildman–Crippen MR) is 138 cm³/mol. The number of hydrogen-bond acceptors (Lipinski definition) is 6. The number of aromatic nitrogens is 3. The van der Waals surface area contributed by atoms with E-state index in [-0.39, 0.29) is 41.0 Å². The van der Waals surface area contributed by atoms with Gasteiger partial charge in [0.05, 0.1) is 30.8 Å². The third kappa shape index (κ3) is 4.78. The summed E-state index contributed by atoms with van der Waals surface area (Å²) < 4.78 is 6.52. The molecule has 0 spiro atoms. The van der Waals surface area contributed by atoms with Crippen LogP contribution in [0.15, 0.2) is 42.6 Å². The second-order valence-electron chi connectivity index (χ2n) is 10.2. The Labute approximate surface area is 216 Å². The van der Waals surface area contributed by atoms with E-state index in [0.717, 1.165) is 43.6 Å². The Kier molecular flexibility index (Phi) is 6.88. The molecule has 8 nitrogen and oxygen atoms in total. The molecule has 1 atom stereocenters. The van der Waals surface area contributed by atoms with Crippen LogP contribution in [0.4, 0.5) is 5.69 Å². The number of carbonyl (C=O) groups excluding carboxylic acids is 2. The third-order valence-corrected chi connectivity index (χ3v) is 8.04. The molecule has 0 unspecified atom stereocenters. The standard InChI is InChI=1S/C27H32ClN5O3/c1-27(20-6-4-3-5-7-20)12-13-32(17-27)22-14-19(15-28)24-30-23(31-33(24)16-22)25(34)29-21-10-8-18(9-11-21)26(35)36-2/h3-7,14,16,18,21H,8-13,15,17H2,1-2H3,(H,29,34)/t18?,21?,27-/m0/s1. The molecule has 1 saturated carbocycles. The van der Waals surface area contributed by atoms with Crippen molar-refractivity contribution in [3.63, 3.8) is 0 Å². The molecule has 3 heterocycles. The molecule has 1 aliphatic carbocycles. The lowest BCUT2D eigenvalue weighted by Crippen LogP contribution is -2.39. The second-order valence-corrected chi connectivity index (χ2v) is 10.5. The monoisotopic (exact) mass is 509 g/mol. The van der Waals surface area contributed by atoms with Gasteiger partial charge in [-0.2, -0.15) is 0 Å². The van der Waals surface area contributed by atoms with Crippen molar-refractivity contribution in [1.82, 2.24) is 19.9 Å². The lowest BCUT2D eigenvalue weighted by Gasteiger charge is -2.27. The van der Waals surface area contributed by atoms with E-state index in [1.165, 1.54) is 12.7 Å². The molecule has 3 aromatic rings. The molecule has 36 heavy (non-hydrogen) atoms. The number of amides is 1. The van der Waals surface area contributed by atoms with Gasteiger partial charge in [0.2, 0.25) is 5.82 Å². The van der Waals surface area contributed by atoms with Crippen molar-refractivity contribution in [2.24, 2.45) is 5.92 Å². The summed E-state index contributed by atoms with van der Waals surface area (Å²) in [7, 11) is 1.41. The van der Waals surface area contributed by atoms with E-state index < -0.39 is 0 Å². The summed E-state index contributed by atoms with van der Waals surface area (Å²) in [5.41, 5.74) is 3.87. The molecule has 2 aromatic heterocycles. The van der Waals surface area contributed by atoms with Gasteiger partial charge in [0.25, 0.3) is 5.91 Å². The normalized spacial score (nSPS) is 24.1. The molecule has 2 aliphatic rings. The van der Waals surface area contributed by atoms with Crippen LogP contribution in [0.5, 0.6) is 0 Å². The van der Waals surface area contributed by atoms with Crippen molar-refractivity contribution in [3.05, 3.63) is 59.5 Å². The number of pyridine rings is 1. The second kappa shape index (κ2) is 10.1. The maximum absolute atomic E-state index is 13.0. The predicted octanol–water partition coefficient (Wildman–Crippen LogP) is 4.10. The highest BCUT2D eigenvalue weighted by atomic mass is 35.5. The fraction of sp³-hybridized carbons (Fsp3) is 0.481. The Morgan fingerprint density at radius 2 is 1.94 bits per heavy atom. The van der Waals surface area contributed by atoms with Crippen molar-refractivity contribution >= 4 is 34.8 Å². The third-order valence-electron chi connectivity index (χ3n) is 7.75. The smallest absolute Gasteiger partial charge is 0.308 e. The van der Waals surface area contributed by atoms with Crippen LogP contribution in [0.2, 0.25) is 0 Å². The average molecular weight is 510 g/mol. The molecule has 1 saturated heterocycles. The number of ether oxygens (including phenoxy) is 1. The number of alkyl halides is 1. The zero-order chi connectivity index (χ0) is 25.3. The zero-order valence-electron chi connectivity index (χ0n) is 20.7. The summed E-state index contributed by atoms with van der Waals surface area (Å²) in [6, 6.07) is 12.7. The first-order valence-electron chi connectivity index (χ1n) is 12.5. The van der Waals surface area contributed by atoms with Gasteiger partial charge in [-0.25, -0.2) is 9.50 Å². The Hall–Kier alpha value is -3.13. The van der Waals surface area contributed by atoms with E-state index in [4.69, 9.17) is 16.3 Å². The summed E-state index contributed by atoms with van der Waals surface area (Å²) in [5.74, 6) is -0.161. The minimum absolute atomic E-state index is 0.00617. The van der Waals surface area contributed by atoms with Gasteiger partial charge in [-0.05, 0) is 43.7 Å². The Morgan fingerprint density at radius 1 is 1.19 bits per heavy atom. The molecule has 0 bridgehead atoms. The number of nitrogens with zero attached hydrogens (tertiary/aromatic N) is 4. The molecule has 2 fully saturated rings. The van der Waals surface area contributed by atoms with Crippen LogP contribution in [0.25, 0.3) is 5.65 Å². The van der Waals surface area contributed by atoms with Crippen LogP contribution in [-0.4, -0.2) is 52.7 Å². The van der Waals surface area contributed by atoms with E-state index in [1.807, 2.05) is 12.3 Å². The number of esters is 1. The van der Waals surface area contributed by atoms with Crippen molar-refractivity contribution in [2.75, 3.05) is 25.1 Å². The van der Waals surface area contributed by atoms with Crippen molar-refractivity contribution in [2.45, 2.75) is 56.4 Å². The number of rotatable bonds is 6. The highest BCUT2D eigenvalue weighted by Crippen LogP contribution is 2.37. The SMILES string of the molecule is COC(=O)C1CCC(NC(=O)c2nc3c(CCl)cc(N4CC[C@](C)(c5ccccc5)C4)cn3n2)CC1. The maximum atomic E-state index is 13.0. The first kappa shape index (κ1) is 24.6. The highest BCUT2D eigenvalue weighted by molar-refractivity contribution is 6.17.